The van der Waals surface area contributed by atoms with Gasteiger partial charge in [0.2, 0.25) is 0 Å². The fourth-order valence-electron chi connectivity index (χ4n) is 2.39. The van der Waals surface area contributed by atoms with Crippen molar-refractivity contribution in [3.8, 4) is 0 Å². The molecule has 0 saturated heterocycles. The van der Waals surface area contributed by atoms with Crippen LogP contribution in [0.5, 0.6) is 0 Å². The van der Waals surface area contributed by atoms with Gasteiger partial charge in [0.15, 0.2) is 0 Å². The van der Waals surface area contributed by atoms with Crippen LogP contribution in [-0.4, -0.2) is 0 Å². The second-order valence-corrected chi connectivity index (χ2v) is 4.96. The molecule has 3 N–H and O–H groups in total. The maximum Gasteiger partial charge on any atom is 0.134 e. The molecular weight excluding hydrogens is 274 g/mol. The van der Waals surface area contributed by atoms with Gasteiger partial charge in [-0.25, -0.2) is 14.2 Å². The van der Waals surface area contributed by atoms with Crippen molar-refractivity contribution in [2.75, 3.05) is 0 Å². The van der Waals surface area contributed by atoms with Crippen LogP contribution >= 0.6 is 0 Å². The molecule has 5 heteroatoms. The summed E-state index contributed by atoms with van der Waals surface area (Å²) in [6.45, 7) is 1.87. The Labute approximate surface area is 120 Å². The second kappa shape index (κ2) is 5.27. The quantitative estimate of drug-likeness (QED) is 0.572. The molecule has 108 valence electrons. The number of fused-ring (bicyclic) bond motifs is 1. The van der Waals surface area contributed by atoms with E-state index in [0.29, 0.717) is 22.3 Å². The van der Waals surface area contributed by atoms with Gasteiger partial charge in [0.25, 0.3) is 0 Å². The number of furan rings is 1. The minimum Gasteiger partial charge on any atom is -0.459 e. The summed E-state index contributed by atoms with van der Waals surface area (Å²) in [6, 6.07) is 10.0. The molecule has 1 atom stereocenters. The van der Waals surface area contributed by atoms with Crippen LogP contribution in [0.25, 0.3) is 11.0 Å². The highest BCUT2D eigenvalue weighted by Crippen LogP contribution is 2.30. The van der Waals surface area contributed by atoms with E-state index in [-0.39, 0.29) is 11.6 Å². The van der Waals surface area contributed by atoms with E-state index in [4.69, 9.17) is 10.3 Å². The smallest absolute Gasteiger partial charge is 0.134 e. The Kier molecular flexibility index (Phi) is 3.45. The Balaban J connectivity index is 2.11. The van der Waals surface area contributed by atoms with Gasteiger partial charge >= 0.3 is 0 Å². The summed E-state index contributed by atoms with van der Waals surface area (Å²) < 4.78 is 32.9. The molecular formula is C16H14F2N2O. The Hall–Kier alpha value is -2.24. The van der Waals surface area contributed by atoms with E-state index in [9.17, 15) is 8.78 Å². The Bertz CT molecular complexity index is 798. The Morgan fingerprint density at radius 2 is 1.90 bits per heavy atom. The molecule has 21 heavy (non-hydrogen) atoms. The fraction of sp³-hybridized carbons (Fsp3) is 0.125. The minimum absolute atomic E-state index is 0.353. The molecule has 0 radical (unpaired) electrons. The van der Waals surface area contributed by atoms with Crippen LogP contribution in [0.2, 0.25) is 0 Å². The van der Waals surface area contributed by atoms with E-state index >= 15 is 0 Å². The van der Waals surface area contributed by atoms with E-state index in [2.05, 4.69) is 5.43 Å². The molecule has 0 bridgehead atoms. The zero-order chi connectivity index (χ0) is 15.0. The predicted octanol–water partition coefficient (Wildman–Crippen LogP) is 3.57. The van der Waals surface area contributed by atoms with E-state index < -0.39 is 6.04 Å². The molecule has 0 aliphatic heterocycles. The third-order valence-electron chi connectivity index (χ3n) is 3.41. The largest absolute Gasteiger partial charge is 0.459 e. The van der Waals surface area contributed by atoms with Gasteiger partial charge in [-0.1, -0.05) is 17.7 Å². The van der Waals surface area contributed by atoms with Gasteiger partial charge in [0.05, 0.1) is 0 Å². The fourth-order valence-corrected chi connectivity index (χ4v) is 2.39. The number of halogens is 2. The van der Waals surface area contributed by atoms with Crippen molar-refractivity contribution in [2.24, 2.45) is 5.84 Å². The topological polar surface area (TPSA) is 51.2 Å². The van der Waals surface area contributed by atoms with Crippen molar-refractivity contribution in [1.82, 2.24) is 5.43 Å². The molecule has 0 spiro atoms. The molecule has 0 saturated carbocycles. The van der Waals surface area contributed by atoms with Crippen molar-refractivity contribution in [3.05, 3.63) is 71.0 Å². The van der Waals surface area contributed by atoms with E-state index in [0.717, 1.165) is 5.56 Å². The van der Waals surface area contributed by atoms with Crippen molar-refractivity contribution in [2.45, 2.75) is 13.0 Å². The van der Waals surface area contributed by atoms with E-state index in [1.165, 1.54) is 24.3 Å². The normalized spacial score (nSPS) is 12.8. The first-order valence-electron chi connectivity index (χ1n) is 6.49. The van der Waals surface area contributed by atoms with Gasteiger partial charge in [-0.3, -0.25) is 5.84 Å². The van der Waals surface area contributed by atoms with Gasteiger partial charge in [-0.15, -0.1) is 0 Å². The zero-order valence-corrected chi connectivity index (χ0v) is 11.4. The third-order valence-corrected chi connectivity index (χ3v) is 3.41. The molecule has 2 aromatic carbocycles. The average Bonchev–Trinajstić information content (AvgIpc) is 2.86. The molecule has 3 nitrogen and oxygen atoms in total. The van der Waals surface area contributed by atoms with Crippen LogP contribution in [0.1, 0.15) is 22.9 Å². The number of nitrogens with two attached hydrogens (primary N) is 1. The van der Waals surface area contributed by atoms with Crippen LogP contribution in [0.15, 0.2) is 46.9 Å². The maximum absolute atomic E-state index is 14.0. The van der Waals surface area contributed by atoms with Crippen molar-refractivity contribution < 1.29 is 13.2 Å². The highest BCUT2D eigenvalue weighted by atomic mass is 19.1. The number of rotatable bonds is 3. The maximum atomic E-state index is 14.0. The molecule has 0 fully saturated rings. The summed E-state index contributed by atoms with van der Waals surface area (Å²) in [5.74, 6) is 5.26. The molecule has 1 aromatic heterocycles. The number of nitrogens with one attached hydrogen (secondary N) is 1. The van der Waals surface area contributed by atoms with Crippen LogP contribution in [0.4, 0.5) is 8.78 Å². The summed E-state index contributed by atoms with van der Waals surface area (Å²) >= 11 is 0. The molecule has 3 rings (SSSR count). The number of hydrogen-bond donors (Lipinski definition) is 2. The standard InChI is InChI=1S/C16H14F2N2O/c1-9-2-4-13(18)12(6-9)16(20-19)15-8-10-7-11(17)3-5-14(10)21-15/h2-8,16,20H,19H2,1H3. The molecule has 0 aliphatic rings. The van der Waals surface area contributed by atoms with E-state index in [1.807, 2.05) is 6.92 Å². The van der Waals surface area contributed by atoms with Crippen LogP contribution in [-0.2, 0) is 0 Å². The van der Waals surface area contributed by atoms with Crippen molar-refractivity contribution in [1.29, 1.82) is 0 Å². The van der Waals surface area contributed by atoms with Gasteiger partial charge in [-0.2, -0.15) is 0 Å². The number of hydrazine groups is 1. The van der Waals surface area contributed by atoms with Crippen LogP contribution in [0, 0.1) is 18.6 Å². The lowest BCUT2D eigenvalue weighted by atomic mass is 10.0. The Morgan fingerprint density at radius 3 is 2.67 bits per heavy atom. The molecule has 1 heterocycles. The number of aryl methyl sites for hydroxylation is 1. The SMILES string of the molecule is Cc1ccc(F)c(C(NN)c2cc3cc(F)ccc3o2)c1. The lowest BCUT2D eigenvalue weighted by Crippen LogP contribution is -2.29. The molecule has 1 unspecified atom stereocenters. The number of hydrogen-bond acceptors (Lipinski definition) is 3. The first-order valence-corrected chi connectivity index (χ1v) is 6.49. The first-order chi connectivity index (χ1) is 10.1. The van der Waals surface area contributed by atoms with Gasteiger partial charge in [-0.05, 0) is 37.3 Å². The van der Waals surface area contributed by atoms with E-state index in [1.54, 1.807) is 18.2 Å². The molecule has 0 amide bonds. The van der Waals surface area contributed by atoms with Crippen molar-refractivity contribution in [3.63, 3.8) is 0 Å². The monoisotopic (exact) mass is 288 g/mol. The highest BCUT2D eigenvalue weighted by molar-refractivity contribution is 5.78. The lowest BCUT2D eigenvalue weighted by molar-refractivity contribution is 0.462. The van der Waals surface area contributed by atoms with Crippen molar-refractivity contribution >= 4 is 11.0 Å². The van der Waals surface area contributed by atoms with Gasteiger partial charge < -0.3 is 4.42 Å². The zero-order valence-electron chi connectivity index (χ0n) is 11.4. The van der Waals surface area contributed by atoms with Gasteiger partial charge in [0.1, 0.15) is 29.0 Å². The third kappa shape index (κ3) is 2.53. The average molecular weight is 288 g/mol. The first kappa shape index (κ1) is 13.7. The highest BCUT2D eigenvalue weighted by Gasteiger charge is 2.21. The second-order valence-electron chi connectivity index (χ2n) is 4.96. The summed E-state index contributed by atoms with van der Waals surface area (Å²) in [6.07, 6.45) is 0. The van der Waals surface area contributed by atoms with Crippen LogP contribution < -0.4 is 11.3 Å². The molecule has 3 aromatic rings. The minimum atomic E-state index is -0.639. The predicted molar refractivity (Wildman–Crippen MR) is 76.5 cm³/mol. The van der Waals surface area contributed by atoms with Crippen LogP contribution in [0.3, 0.4) is 0 Å². The molecule has 0 aliphatic carbocycles. The summed E-state index contributed by atoms with van der Waals surface area (Å²) in [5.41, 5.74) is 4.38. The lowest BCUT2D eigenvalue weighted by Gasteiger charge is -2.15. The summed E-state index contributed by atoms with van der Waals surface area (Å²) in [5, 5.41) is 0.610. The number of benzene rings is 2. The Morgan fingerprint density at radius 1 is 1.10 bits per heavy atom. The summed E-state index contributed by atoms with van der Waals surface area (Å²) in [7, 11) is 0. The van der Waals surface area contributed by atoms with Gasteiger partial charge in [0, 0.05) is 10.9 Å². The summed E-state index contributed by atoms with van der Waals surface area (Å²) in [4.78, 5) is 0.